The molecule has 0 radical (unpaired) electrons. The Hall–Kier alpha value is -4.18. The third kappa shape index (κ3) is 5.33. The number of amides is 2. The van der Waals surface area contributed by atoms with E-state index in [1.165, 1.54) is 54.3 Å². The summed E-state index contributed by atoms with van der Waals surface area (Å²) in [6.45, 7) is 0.0960. The van der Waals surface area contributed by atoms with Gasteiger partial charge in [-0.15, -0.1) is 5.10 Å². The van der Waals surface area contributed by atoms with Crippen LogP contribution < -0.4 is 10.2 Å². The maximum absolute atomic E-state index is 14.9. The van der Waals surface area contributed by atoms with Crippen molar-refractivity contribution in [1.82, 2.24) is 20.3 Å². The lowest BCUT2D eigenvalue weighted by atomic mass is 10.0. The van der Waals surface area contributed by atoms with E-state index in [-0.39, 0.29) is 30.9 Å². The second-order valence-corrected chi connectivity index (χ2v) is 7.68. The van der Waals surface area contributed by atoms with E-state index < -0.39 is 29.5 Å². The van der Waals surface area contributed by atoms with Gasteiger partial charge in [-0.2, -0.15) is 0 Å². The standard InChI is InChI=1S/C25H23F2N5O3/c1-35-15-14-28-25(34)24(19-6-2-3-7-20(19)27)32(18-12-10-17(26)11-13-18)23(33)16-31-22-9-5-4-8-21(22)29-30-31/h2-13,24H,14-16H2,1H3,(H,28,34). The van der Waals surface area contributed by atoms with E-state index in [1.54, 1.807) is 30.3 Å². The van der Waals surface area contributed by atoms with Gasteiger partial charge in [0, 0.05) is 24.9 Å². The highest BCUT2D eigenvalue weighted by atomic mass is 19.1. The molecule has 0 aliphatic rings. The van der Waals surface area contributed by atoms with Crippen molar-refractivity contribution in [3.8, 4) is 0 Å². The van der Waals surface area contributed by atoms with Crippen LogP contribution in [0.1, 0.15) is 11.6 Å². The highest BCUT2D eigenvalue weighted by molar-refractivity contribution is 6.01. The Labute approximate surface area is 200 Å². The highest BCUT2D eigenvalue weighted by Crippen LogP contribution is 2.30. The lowest BCUT2D eigenvalue weighted by Gasteiger charge is -2.31. The summed E-state index contributed by atoms with van der Waals surface area (Å²) in [5.41, 5.74) is 1.42. The van der Waals surface area contributed by atoms with Crippen LogP contribution in [0.3, 0.4) is 0 Å². The first-order valence-electron chi connectivity index (χ1n) is 10.9. The molecule has 2 amide bonds. The topological polar surface area (TPSA) is 89.4 Å². The van der Waals surface area contributed by atoms with Crippen LogP contribution in [0.5, 0.6) is 0 Å². The van der Waals surface area contributed by atoms with Crippen molar-refractivity contribution >= 4 is 28.5 Å². The molecule has 1 unspecified atom stereocenters. The zero-order valence-corrected chi connectivity index (χ0v) is 18.9. The predicted octanol–water partition coefficient (Wildman–Crippen LogP) is 3.25. The molecular weight excluding hydrogens is 456 g/mol. The number of nitrogens with one attached hydrogen (secondary N) is 1. The molecule has 0 fully saturated rings. The number of benzene rings is 3. The summed E-state index contributed by atoms with van der Waals surface area (Å²) in [6.07, 6.45) is 0. The van der Waals surface area contributed by atoms with Crippen molar-refractivity contribution in [2.45, 2.75) is 12.6 Å². The van der Waals surface area contributed by atoms with Crippen LogP contribution in [0.2, 0.25) is 0 Å². The van der Waals surface area contributed by atoms with Crippen LogP contribution in [-0.4, -0.2) is 47.1 Å². The first-order chi connectivity index (χ1) is 17.0. The second-order valence-electron chi connectivity index (χ2n) is 7.68. The average Bonchev–Trinajstić information content (AvgIpc) is 3.26. The average molecular weight is 479 g/mol. The molecule has 35 heavy (non-hydrogen) atoms. The number of ether oxygens (including phenoxy) is 1. The Bertz CT molecular complexity index is 1330. The summed E-state index contributed by atoms with van der Waals surface area (Å²) in [4.78, 5) is 28.2. The molecule has 1 heterocycles. The van der Waals surface area contributed by atoms with Gasteiger partial charge >= 0.3 is 0 Å². The number of halogens is 2. The van der Waals surface area contributed by atoms with E-state index >= 15 is 0 Å². The number of carbonyl (C=O) groups is 2. The van der Waals surface area contributed by atoms with Crippen LogP contribution in [0, 0.1) is 11.6 Å². The molecular formula is C25H23F2N5O3. The minimum absolute atomic E-state index is 0.0106. The van der Waals surface area contributed by atoms with Crippen molar-refractivity contribution < 1.29 is 23.1 Å². The van der Waals surface area contributed by atoms with Crippen LogP contribution in [0.25, 0.3) is 11.0 Å². The molecule has 8 nitrogen and oxygen atoms in total. The summed E-state index contributed by atoms with van der Waals surface area (Å²) in [6, 6.07) is 16.5. The fourth-order valence-corrected chi connectivity index (χ4v) is 3.74. The Balaban J connectivity index is 1.78. The first kappa shape index (κ1) is 24.0. The van der Waals surface area contributed by atoms with E-state index in [0.29, 0.717) is 11.0 Å². The Morgan fingerprint density at radius 3 is 2.49 bits per heavy atom. The molecule has 4 aromatic rings. The number of rotatable bonds is 9. The molecule has 1 N–H and O–H groups in total. The summed E-state index contributed by atoms with van der Waals surface area (Å²) >= 11 is 0. The van der Waals surface area contributed by atoms with Crippen molar-refractivity contribution in [3.05, 3.63) is 90.0 Å². The van der Waals surface area contributed by atoms with Gasteiger partial charge in [-0.25, -0.2) is 13.5 Å². The van der Waals surface area contributed by atoms with E-state index in [9.17, 15) is 18.4 Å². The smallest absolute Gasteiger partial charge is 0.249 e. The summed E-state index contributed by atoms with van der Waals surface area (Å²) in [7, 11) is 1.48. The zero-order chi connectivity index (χ0) is 24.8. The lowest BCUT2D eigenvalue weighted by Crippen LogP contribution is -2.46. The molecule has 0 saturated heterocycles. The van der Waals surface area contributed by atoms with Gasteiger partial charge in [0.1, 0.15) is 29.7 Å². The Kier molecular flexibility index (Phi) is 7.41. The molecule has 0 spiro atoms. The molecule has 1 atom stereocenters. The van der Waals surface area contributed by atoms with Crippen LogP contribution in [0.15, 0.2) is 72.8 Å². The van der Waals surface area contributed by atoms with Gasteiger partial charge < -0.3 is 10.1 Å². The Morgan fingerprint density at radius 1 is 1.03 bits per heavy atom. The van der Waals surface area contributed by atoms with Gasteiger partial charge in [0.2, 0.25) is 11.8 Å². The maximum atomic E-state index is 14.9. The van der Waals surface area contributed by atoms with Crippen LogP contribution in [-0.2, 0) is 20.9 Å². The quantitative estimate of drug-likeness (QED) is 0.373. The lowest BCUT2D eigenvalue weighted by molar-refractivity contribution is -0.127. The summed E-state index contributed by atoms with van der Waals surface area (Å²) in [5.74, 6) is -2.36. The largest absolute Gasteiger partial charge is 0.383 e. The van der Waals surface area contributed by atoms with Crippen LogP contribution >= 0.6 is 0 Å². The molecule has 1 aromatic heterocycles. The fourth-order valence-electron chi connectivity index (χ4n) is 3.74. The molecule has 0 aliphatic carbocycles. The van der Waals surface area contributed by atoms with Crippen molar-refractivity contribution in [2.75, 3.05) is 25.2 Å². The number of carbonyl (C=O) groups excluding carboxylic acids is 2. The molecule has 0 saturated carbocycles. The second kappa shape index (κ2) is 10.8. The zero-order valence-electron chi connectivity index (χ0n) is 18.9. The van der Waals surface area contributed by atoms with E-state index in [0.717, 1.165) is 4.90 Å². The number of aromatic nitrogens is 3. The summed E-state index contributed by atoms with van der Waals surface area (Å²) < 4.78 is 35.0. The summed E-state index contributed by atoms with van der Waals surface area (Å²) in [5, 5.41) is 10.8. The molecule has 0 aliphatic heterocycles. The highest BCUT2D eigenvalue weighted by Gasteiger charge is 2.34. The number of hydrogen-bond acceptors (Lipinski definition) is 5. The van der Waals surface area contributed by atoms with Crippen molar-refractivity contribution in [2.24, 2.45) is 0 Å². The third-order valence-electron chi connectivity index (χ3n) is 5.39. The number of para-hydroxylation sites is 1. The maximum Gasteiger partial charge on any atom is 0.249 e. The van der Waals surface area contributed by atoms with Crippen molar-refractivity contribution in [3.63, 3.8) is 0 Å². The van der Waals surface area contributed by atoms with Gasteiger partial charge in [-0.3, -0.25) is 14.5 Å². The Morgan fingerprint density at radius 2 is 1.74 bits per heavy atom. The van der Waals surface area contributed by atoms with Gasteiger partial charge in [-0.1, -0.05) is 35.5 Å². The minimum Gasteiger partial charge on any atom is -0.383 e. The van der Waals surface area contributed by atoms with Gasteiger partial charge in [0.05, 0.1) is 12.1 Å². The van der Waals surface area contributed by atoms with Gasteiger partial charge in [0.25, 0.3) is 0 Å². The first-order valence-corrected chi connectivity index (χ1v) is 10.9. The third-order valence-corrected chi connectivity index (χ3v) is 5.39. The number of nitrogens with zero attached hydrogens (tertiary/aromatic N) is 4. The van der Waals surface area contributed by atoms with E-state index in [2.05, 4.69) is 15.6 Å². The van der Waals surface area contributed by atoms with E-state index in [4.69, 9.17) is 4.74 Å². The van der Waals surface area contributed by atoms with Crippen molar-refractivity contribution in [1.29, 1.82) is 0 Å². The number of methoxy groups -OCH3 is 1. The molecule has 180 valence electrons. The minimum atomic E-state index is -1.37. The molecule has 0 bridgehead atoms. The van der Waals surface area contributed by atoms with Crippen LogP contribution in [0.4, 0.5) is 14.5 Å². The molecule has 3 aromatic carbocycles. The molecule has 4 rings (SSSR count). The predicted molar refractivity (Wildman–Crippen MR) is 125 cm³/mol. The number of hydrogen-bond donors (Lipinski definition) is 1. The fraction of sp³-hybridized carbons (Fsp3) is 0.200. The van der Waals surface area contributed by atoms with Gasteiger partial charge in [0.15, 0.2) is 0 Å². The van der Waals surface area contributed by atoms with Gasteiger partial charge in [-0.05, 0) is 42.5 Å². The normalized spacial score (nSPS) is 11.9. The number of anilines is 1. The monoisotopic (exact) mass is 479 g/mol. The van der Waals surface area contributed by atoms with E-state index in [1.807, 2.05) is 0 Å². The number of fused-ring (bicyclic) bond motifs is 1. The molecule has 10 heteroatoms. The SMILES string of the molecule is COCCNC(=O)C(c1ccccc1F)N(C(=O)Cn1nnc2ccccc21)c1ccc(F)cc1.